The number of carbonyl (C=O) groups excluding carboxylic acids is 1. The zero-order valence-electron chi connectivity index (χ0n) is 17.7. The van der Waals surface area contributed by atoms with Crippen LogP contribution in [0.1, 0.15) is 19.4 Å². The monoisotopic (exact) mass is 463 g/mol. The number of thioether (sulfide) groups is 1. The van der Waals surface area contributed by atoms with Crippen molar-refractivity contribution in [3.05, 3.63) is 77.3 Å². The molecule has 0 aliphatic heterocycles. The molecule has 0 unspecified atom stereocenters. The number of hydrogen-bond donors (Lipinski definition) is 1. The molecule has 8 heteroatoms. The minimum absolute atomic E-state index is 0.186. The lowest BCUT2D eigenvalue weighted by atomic mass is 10.0. The van der Waals surface area contributed by atoms with Crippen LogP contribution in [0.3, 0.4) is 0 Å². The molecule has 0 saturated carbocycles. The van der Waals surface area contributed by atoms with Crippen LogP contribution in [-0.2, 0) is 11.3 Å². The first kappa shape index (κ1) is 22.0. The quantitative estimate of drug-likeness (QED) is 0.226. The van der Waals surface area contributed by atoms with Crippen molar-refractivity contribution >= 4 is 45.8 Å². The third kappa shape index (κ3) is 4.84. The van der Waals surface area contributed by atoms with Gasteiger partial charge in [0.1, 0.15) is 0 Å². The van der Waals surface area contributed by atoms with E-state index in [-0.39, 0.29) is 11.7 Å². The molecule has 162 valence electrons. The molecule has 0 atom stereocenters. The summed E-state index contributed by atoms with van der Waals surface area (Å²) in [6, 6.07) is 21.6. The Balaban J connectivity index is 1.42. The summed E-state index contributed by atoms with van der Waals surface area (Å²) in [5, 5.41) is 16.5. The molecule has 0 spiro atoms. The smallest absolute Gasteiger partial charge is 0.250 e. The second-order valence-corrected chi connectivity index (χ2v) is 8.48. The minimum Gasteiger partial charge on any atom is -0.302 e. The highest BCUT2D eigenvalue weighted by Crippen LogP contribution is 2.25. The zero-order valence-corrected chi connectivity index (χ0v) is 19.3. The van der Waals surface area contributed by atoms with Gasteiger partial charge in [-0.3, -0.25) is 4.79 Å². The minimum atomic E-state index is -0.201. The fraction of sp³-hybridized carbons (Fsp3) is 0.167. The fourth-order valence-electron chi connectivity index (χ4n) is 3.40. The van der Waals surface area contributed by atoms with Crippen LogP contribution in [0.2, 0.25) is 5.02 Å². The molecule has 4 rings (SSSR count). The molecule has 4 aromatic rings. The Kier molecular flexibility index (Phi) is 6.87. The maximum Gasteiger partial charge on any atom is 0.250 e. The van der Waals surface area contributed by atoms with E-state index in [2.05, 4.69) is 38.9 Å². The van der Waals surface area contributed by atoms with E-state index >= 15 is 0 Å². The average molecular weight is 464 g/mol. The largest absolute Gasteiger partial charge is 0.302 e. The van der Waals surface area contributed by atoms with E-state index in [1.165, 1.54) is 11.8 Å². The summed E-state index contributed by atoms with van der Waals surface area (Å²) in [6.45, 7) is 4.60. The topological polar surface area (TPSA) is 72.2 Å². The van der Waals surface area contributed by atoms with Gasteiger partial charge in [0.05, 0.1) is 11.5 Å². The number of hydrogen-bond acceptors (Lipinski definition) is 5. The summed E-state index contributed by atoms with van der Waals surface area (Å²) in [6.07, 6.45) is 0. The first-order valence-corrected chi connectivity index (χ1v) is 11.6. The van der Waals surface area contributed by atoms with Gasteiger partial charge in [0.2, 0.25) is 0 Å². The number of benzene rings is 3. The number of fused-ring (bicyclic) bond motifs is 1. The molecular formula is C24H22ClN5OS. The lowest BCUT2D eigenvalue weighted by Crippen LogP contribution is -2.21. The maximum absolute atomic E-state index is 12.4. The van der Waals surface area contributed by atoms with Crippen molar-refractivity contribution in [2.24, 2.45) is 5.10 Å². The summed E-state index contributed by atoms with van der Waals surface area (Å²) in [7, 11) is 0. The van der Waals surface area contributed by atoms with E-state index in [1.54, 1.807) is 0 Å². The first-order valence-electron chi connectivity index (χ1n) is 10.2. The molecule has 0 bridgehead atoms. The Morgan fingerprint density at radius 2 is 1.81 bits per heavy atom. The van der Waals surface area contributed by atoms with Crippen LogP contribution >= 0.6 is 23.4 Å². The van der Waals surface area contributed by atoms with Gasteiger partial charge in [0.15, 0.2) is 11.0 Å². The molecule has 0 aliphatic rings. The van der Waals surface area contributed by atoms with Crippen LogP contribution in [0.25, 0.3) is 22.2 Å². The maximum atomic E-state index is 12.4. The van der Waals surface area contributed by atoms with E-state index in [4.69, 9.17) is 11.6 Å². The summed E-state index contributed by atoms with van der Waals surface area (Å²) in [5.74, 6) is 0.732. The number of nitrogens with zero attached hydrogens (tertiary/aromatic N) is 4. The van der Waals surface area contributed by atoms with Crippen molar-refractivity contribution in [2.45, 2.75) is 25.5 Å². The van der Waals surface area contributed by atoms with Gasteiger partial charge in [0.25, 0.3) is 5.91 Å². The number of nitrogens with one attached hydrogen (secondary N) is 1. The number of rotatable bonds is 7. The third-order valence-electron chi connectivity index (χ3n) is 5.00. The molecule has 0 aliphatic carbocycles. The molecule has 1 aromatic heterocycles. The van der Waals surface area contributed by atoms with E-state index < -0.39 is 0 Å². The number of hydrazone groups is 1. The molecule has 3 aromatic carbocycles. The van der Waals surface area contributed by atoms with Crippen LogP contribution in [0, 0.1) is 0 Å². The van der Waals surface area contributed by atoms with Crippen molar-refractivity contribution in [1.29, 1.82) is 0 Å². The van der Waals surface area contributed by atoms with Crippen LogP contribution < -0.4 is 5.43 Å². The van der Waals surface area contributed by atoms with Gasteiger partial charge < -0.3 is 4.57 Å². The van der Waals surface area contributed by atoms with Gasteiger partial charge in [-0.2, -0.15) is 5.10 Å². The lowest BCUT2D eigenvalue weighted by molar-refractivity contribution is -0.118. The highest BCUT2D eigenvalue weighted by atomic mass is 35.5. The summed E-state index contributed by atoms with van der Waals surface area (Å²) >= 11 is 7.31. The second kappa shape index (κ2) is 9.97. The van der Waals surface area contributed by atoms with Crippen LogP contribution in [0.5, 0.6) is 0 Å². The van der Waals surface area contributed by atoms with Crippen molar-refractivity contribution < 1.29 is 4.79 Å². The van der Waals surface area contributed by atoms with Crippen molar-refractivity contribution in [1.82, 2.24) is 20.2 Å². The van der Waals surface area contributed by atoms with Crippen LogP contribution in [0.4, 0.5) is 0 Å². The summed E-state index contributed by atoms with van der Waals surface area (Å²) < 4.78 is 1.98. The predicted octanol–water partition coefficient (Wildman–Crippen LogP) is 5.40. The number of aromatic nitrogens is 3. The third-order valence-corrected chi connectivity index (χ3v) is 6.21. The van der Waals surface area contributed by atoms with Gasteiger partial charge in [-0.05, 0) is 48.9 Å². The molecule has 1 heterocycles. The summed E-state index contributed by atoms with van der Waals surface area (Å²) in [5.41, 5.74) is 5.33. The van der Waals surface area contributed by atoms with Gasteiger partial charge in [-0.25, -0.2) is 5.43 Å². The van der Waals surface area contributed by atoms with Crippen molar-refractivity contribution in [2.75, 3.05) is 5.75 Å². The van der Waals surface area contributed by atoms with Gasteiger partial charge in [-0.15, -0.1) is 10.2 Å². The van der Waals surface area contributed by atoms with Gasteiger partial charge in [0, 0.05) is 22.7 Å². The van der Waals surface area contributed by atoms with Gasteiger partial charge in [-0.1, -0.05) is 65.8 Å². The van der Waals surface area contributed by atoms with Crippen molar-refractivity contribution in [3.63, 3.8) is 0 Å². The highest BCUT2D eigenvalue weighted by molar-refractivity contribution is 7.99. The Bertz CT molecular complexity index is 1280. The predicted molar refractivity (Wildman–Crippen MR) is 131 cm³/mol. The van der Waals surface area contributed by atoms with Crippen LogP contribution in [0.15, 0.2) is 77.0 Å². The van der Waals surface area contributed by atoms with E-state index in [0.717, 1.165) is 33.4 Å². The molecule has 6 nitrogen and oxygen atoms in total. The lowest BCUT2D eigenvalue weighted by Gasteiger charge is -2.08. The second-order valence-electron chi connectivity index (χ2n) is 7.10. The molecule has 0 saturated heterocycles. The molecule has 32 heavy (non-hydrogen) atoms. The zero-order chi connectivity index (χ0) is 22.5. The van der Waals surface area contributed by atoms with Crippen molar-refractivity contribution in [3.8, 4) is 11.4 Å². The Morgan fingerprint density at radius 1 is 1.06 bits per heavy atom. The Morgan fingerprint density at radius 3 is 2.59 bits per heavy atom. The SMILES string of the molecule is CCn1c(SCC(=O)N/N=C(\C)c2cccc3ccccc23)nnc1-c1ccc(Cl)cc1. The molecular weight excluding hydrogens is 442 g/mol. The summed E-state index contributed by atoms with van der Waals surface area (Å²) in [4.78, 5) is 12.4. The van der Waals surface area contributed by atoms with Crippen LogP contribution in [-0.4, -0.2) is 32.1 Å². The molecule has 1 N–H and O–H groups in total. The van der Waals surface area contributed by atoms with Gasteiger partial charge >= 0.3 is 0 Å². The standard InChI is InChI=1S/C24H22ClN5OS/c1-3-30-23(18-11-13-19(25)14-12-18)28-29-24(30)32-15-22(31)27-26-16(2)20-10-6-8-17-7-4-5-9-21(17)20/h4-14H,3,15H2,1-2H3,(H,27,31)/b26-16+. The van der Waals surface area contributed by atoms with E-state index in [9.17, 15) is 4.79 Å². The average Bonchev–Trinajstić information content (AvgIpc) is 3.24. The molecule has 0 fully saturated rings. The molecule has 0 radical (unpaired) electrons. The van der Waals surface area contributed by atoms with E-state index in [1.807, 2.05) is 66.9 Å². The Hall–Kier alpha value is -3.16. The first-order chi connectivity index (χ1) is 15.6. The van der Waals surface area contributed by atoms with E-state index in [0.29, 0.717) is 16.7 Å². The number of halogens is 1. The molecule has 1 amide bonds. The fourth-order valence-corrected chi connectivity index (χ4v) is 4.32. The number of carbonyl (C=O) groups is 1. The highest BCUT2D eigenvalue weighted by Gasteiger charge is 2.14. The normalized spacial score (nSPS) is 11.7. The number of amides is 1. The Labute approximate surface area is 195 Å².